The summed E-state index contributed by atoms with van der Waals surface area (Å²) < 4.78 is 60.8. The highest BCUT2D eigenvalue weighted by molar-refractivity contribution is 8.06. The Morgan fingerprint density at radius 2 is 1.88 bits per heavy atom. The van der Waals surface area contributed by atoms with Crippen LogP contribution in [0.5, 0.6) is 0 Å². The molecular weight excluding hydrogens is 562 g/mol. The number of hydrogen-bond acceptors (Lipinski definition) is 9. The number of hydrogen-bond donors (Lipinski definition) is 2. The van der Waals surface area contributed by atoms with Gasteiger partial charge in [-0.15, -0.1) is 0 Å². The van der Waals surface area contributed by atoms with Crippen molar-refractivity contribution in [1.29, 1.82) is 0 Å². The van der Waals surface area contributed by atoms with Crippen LogP contribution in [-0.2, 0) is 24.4 Å². The lowest BCUT2D eigenvalue weighted by atomic mass is 10.0. The third-order valence-corrected chi connectivity index (χ3v) is 8.58. The Morgan fingerprint density at radius 1 is 1.17 bits per heavy atom. The van der Waals surface area contributed by atoms with Crippen LogP contribution in [0, 0.1) is 17.6 Å². The highest BCUT2D eigenvalue weighted by Crippen LogP contribution is 2.25. The second kappa shape index (κ2) is 12.0. The highest BCUT2D eigenvalue weighted by Gasteiger charge is 2.46. The lowest BCUT2D eigenvalue weighted by molar-refractivity contribution is -0.135. The lowest BCUT2D eigenvalue weighted by Crippen LogP contribution is -2.58. The molecule has 3 heterocycles. The Balaban J connectivity index is 1.74. The largest absolute Gasteiger partial charge is 0.451 e. The number of Topliss-reactive ketones (excluding diaryl/α,β-unsaturated/α-hetero) is 2. The van der Waals surface area contributed by atoms with Crippen LogP contribution < -0.4 is 10.6 Å². The molecule has 2 N–H and O–H groups in total. The van der Waals surface area contributed by atoms with Crippen LogP contribution in [-0.4, -0.2) is 65.8 Å². The monoisotopic (exact) mass is 592 g/mol. The Labute approximate surface area is 235 Å². The molecule has 4 rings (SSSR count). The van der Waals surface area contributed by atoms with Crippen molar-refractivity contribution < 1.29 is 40.8 Å². The number of nitrogens with zero attached hydrogens (tertiary/aromatic N) is 2. The SMILES string of the molecule is CC(C)C[C@H](NC(=O)c1cc2cc(F)c(F)cc2o1)C(=O)N([C@H]1CC[C@@H](C)NCC1=O)S(=O)(=O)C1=NC=CCC1=O. The molecule has 220 valence electrons. The van der Waals surface area contributed by atoms with Crippen LogP contribution in [0.15, 0.2) is 39.9 Å². The number of rotatable bonds is 6. The molecular formula is C27H30F2N4O7S. The van der Waals surface area contributed by atoms with Gasteiger partial charge in [0.25, 0.3) is 21.8 Å². The predicted octanol–water partition coefficient (Wildman–Crippen LogP) is 2.61. The zero-order chi connectivity index (χ0) is 30.1. The van der Waals surface area contributed by atoms with Crippen molar-refractivity contribution in [2.24, 2.45) is 10.9 Å². The van der Waals surface area contributed by atoms with Gasteiger partial charge in [-0.3, -0.25) is 19.2 Å². The predicted molar refractivity (Wildman–Crippen MR) is 144 cm³/mol. The fourth-order valence-electron chi connectivity index (χ4n) is 4.72. The number of furan rings is 1. The number of halogens is 2. The van der Waals surface area contributed by atoms with Crippen molar-refractivity contribution in [3.05, 3.63) is 47.9 Å². The molecule has 41 heavy (non-hydrogen) atoms. The zero-order valence-electron chi connectivity index (χ0n) is 22.6. The Morgan fingerprint density at radius 3 is 2.56 bits per heavy atom. The van der Waals surface area contributed by atoms with Crippen molar-refractivity contribution in [3.63, 3.8) is 0 Å². The molecule has 0 radical (unpaired) electrons. The van der Waals surface area contributed by atoms with Gasteiger partial charge in [0.1, 0.15) is 17.7 Å². The Bertz CT molecular complexity index is 1530. The van der Waals surface area contributed by atoms with Crippen LogP contribution in [0.4, 0.5) is 8.78 Å². The summed E-state index contributed by atoms with van der Waals surface area (Å²) in [5.74, 6) is -6.44. The summed E-state index contributed by atoms with van der Waals surface area (Å²) in [6.45, 7) is 5.07. The molecule has 0 bridgehead atoms. The van der Waals surface area contributed by atoms with Gasteiger partial charge in [0.05, 0.1) is 6.54 Å². The fourth-order valence-corrected chi connectivity index (χ4v) is 6.39. The first-order valence-corrected chi connectivity index (χ1v) is 14.5. The first-order chi connectivity index (χ1) is 19.3. The molecule has 2 aliphatic heterocycles. The van der Waals surface area contributed by atoms with E-state index in [9.17, 15) is 36.4 Å². The minimum absolute atomic E-state index is 0.0155. The van der Waals surface area contributed by atoms with Crippen LogP contribution >= 0.6 is 0 Å². The van der Waals surface area contributed by atoms with E-state index in [1.54, 1.807) is 13.8 Å². The highest BCUT2D eigenvalue weighted by atomic mass is 32.2. The van der Waals surface area contributed by atoms with Crippen molar-refractivity contribution in [2.75, 3.05) is 6.54 Å². The fraction of sp³-hybridized carbons (Fsp3) is 0.444. The van der Waals surface area contributed by atoms with Crippen molar-refractivity contribution in [3.8, 4) is 0 Å². The smallest absolute Gasteiger partial charge is 0.288 e. The number of carbonyl (C=O) groups excluding carboxylic acids is 4. The maximum Gasteiger partial charge on any atom is 0.288 e. The van der Waals surface area contributed by atoms with Gasteiger partial charge in [0, 0.05) is 30.1 Å². The number of benzene rings is 1. The molecule has 11 nitrogen and oxygen atoms in total. The molecule has 1 saturated heterocycles. The number of ketones is 2. The van der Waals surface area contributed by atoms with E-state index in [-0.39, 0.29) is 54.5 Å². The van der Waals surface area contributed by atoms with E-state index >= 15 is 0 Å². The molecule has 0 spiro atoms. The summed E-state index contributed by atoms with van der Waals surface area (Å²) in [6, 6.07) is -0.295. The van der Waals surface area contributed by atoms with Gasteiger partial charge in [-0.05, 0) is 44.2 Å². The number of sulfonamides is 1. The first kappa shape index (κ1) is 30.2. The third kappa shape index (κ3) is 6.43. The van der Waals surface area contributed by atoms with Gasteiger partial charge < -0.3 is 15.1 Å². The molecule has 1 aromatic heterocycles. The van der Waals surface area contributed by atoms with Gasteiger partial charge >= 0.3 is 0 Å². The van der Waals surface area contributed by atoms with Crippen LogP contribution in [0.3, 0.4) is 0 Å². The van der Waals surface area contributed by atoms with Crippen molar-refractivity contribution in [2.45, 2.75) is 64.6 Å². The minimum Gasteiger partial charge on any atom is -0.451 e. The molecule has 0 saturated carbocycles. The van der Waals surface area contributed by atoms with E-state index in [2.05, 4.69) is 15.6 Å². The first-order valence-electron chi connectivity index (χ1n) is 13.1. The minimum atomic E-state index is -4.92. The molecule has 0 unspecified atom stereocenters. The average molecular weight is 593 g/mol. The van der Waals surface area contributed by atoms with Gasteiger partial charge in [-0.1, -0.05) is 19.9 Å². The number of amides is 2. The molecule has 2 amide bonds. The topological polar surface area (TPSA) is 155 Å². The molecule has 3 atom stereocenters. The summed E-state index contributed by atoms with van der Waals surface area (Å²) in [5, 5.41) is 4.65. The number of nitrogens with one attached hydrogen (secondary N) is 2. The summed E-state index contributed by atoms with van der Waals surface area (Å²) in [7, 11) is -4.92. The summed E-state index contributed by atoms with van der Waals surface area (Å²) >= 11 is 0. The van der Waals surface area contributed by atoms with E-state index < -0.39 is 62.2 Å². The third-order valence-electron chi connectivity index (χ3n) is 6.81. The molecule has 1 aromatic carbocycles. The second-order valence-electron chi connectivity index (χ2n) is 10.5. The number of aliphatic imine (C=N–C) groups is 1. The Hall–Kier alpha value is -3.78. The van der Waals surface area contributed by atoms with E-state index in [1.807, 2.05) is 6.92 Å². The van der Waals surface area contributed by atoms with E-state index in [0.29, 0.717) is 10.7 Å². The summed E-state index contributed by atoms with van der Waals surface area (Å²) in [5.41, 5.74) is -0.113. The molecule has 0 aliphatic carbocycles. The zero-order valence-corrected chi connectivity index (χ0v) is 23.5. The number of allylic oxidation sites excluding steroid dienone is 1. The van der Waals surface area contributed by atoms with E-state index in [1.165, 1.54) is 6.08 Å². The van der Waals surface area contributed by atoms with Gasteiger partial charge in [-0.2, -0.15) is 8.42 Å². The Kier molecular flexibility index (Phi) is 8.83. The van der Waals surface area contributed by atoms with Crippen LogP contribution in [0.25, 0.3) is 11.0 Å². The van der Waals surface area contributed by atoms with Gasteiger partial charge in [0.15, 0.2) is 29.0 Å². The van der Waals surface area contributed by atoms with Gasteiger partial charge in [0.2, 0.25) is 5.04 Å². The number of fused-ring (bicyclic) bond motifs is 1. The maximum atomic E-state index is 14.1. The summed E-state index contributed by atoms with van der Waals surface area (Å²) in [4.78, 5) is 56.7. The molecule has 1 fully saturated rings. The molecule has 14 heteroatoms. The lowest BCUT2D eigenvalue weighted by Gasteiger charge is -2.33. The normalized spacial score (nSPS) is 20.6. The number of carbonyl (C=O) groups is 4. The second-order valence-corrected chi connectivity index (χ2v) is 12.2. The quantitative estimate of drug-likeness (QED) is 0.519. The van der Waals surface area contributed by atoms with E-state index in [0.717, 1.165) is 24.4 Å². The van der Waals surface area contributed by atoms with Crippen LogP contribution in [0.1, 0.15) is 57.0 Å². The maximum absolute atomic E-state index is 14.1. The van der Waals surface area contributed by atoms with Gasteiger partial charge in [-0.25, -0.2) is 18.1 Å². The summed E-state index contributed by atoms with van der Waals surface area (Å²) in [6.07, 6.45) is 2.53. The van der Waals surface area contributed by atoms with Crippen molar-refractivity contribution >= 4 is 49.4 Å². The standard InChI is InChI=1S/C27H30F2N4O7S/c1-14(2)9-19(32-25(36)24-11-16-10-17(28)18(29)12-23(16)40-24)27(37)33(20-7-6-15(3)31-13-22(20)35)41(38,39)26-21(34)5-4-8-30-26/h4,8,10-12,14-15,19-20,31H,5-7,9,13H2,1-3H3,(H,32,36)/t15-,19+,20+/m1/s1. The van der Waals surface area contributed by atoms with Crippen molar-refractivity contribution in [1.82, 2.24) is 14.9 Å². The average Bonchev–Trinajstić information content (AvgIpc) is 3.23. The van der Waals surface area contributed by atoms with E-state index in [4.69, 9.17) is 4.42 Å². The molecule has 2 aliphatic rings. The molecule has 2 aromatic rings. The van der Waals surface area contributed by atoms with Crippen LogP contribution in [0.2, 0.25) is 0 Å².